The van der Waals surface area contributed by atoms with Crippen molar-refractivity contribution >= 4 is 22.2 Å². The fourth-order valence-corrected chi connectivity index (χ4v) is 1.55. The Morgan fingerprint density at radius 1 is 1.36 bits per heavy atom. The molecule has 0 bridgehead atoms. The molecule has 2 rings (SSSR count). The molecular weight excluding hydrogens is 246 g/mol. The number of carbonyl (C=O) groups is 1. The van der Waals surface area contributed by atoms with Crippen LogP contribution < -0.4 is 0 Å². The predicted molar refractivity (Wildman–Crippen MR) is 55.0 cm³/mol. The van der Waals surface area contributed by atoms with Gasteiger partial charge >= 0.3 is 0 Å². The minimum atomic E-state index is 0.232. The molecule has 0 N–H and O–H groups in total. The molecule has 0 aliphatic heterocycles. The van der Waals surface area contributed by atoms with Crippen molar-refractivity contribution < 1.29 is 9.21 Å². The zero-order chi connectivity index (χ0) is 9.97. The molecule has 2 aromatic rings. The maximum Gasteiger partial charge on any atom is 0.228 e. The van der Waals surface area contributed by atoms with Crippen LogP contribution in [0.4, 0.5) is 0 Å². The van der Waals surface area contributed by atoms with Gasteiger partial charge in [0.2, 0.25) is 5.89 Å². The fraction of sp³-hybridized carbons (Fsp3) is 0. The van der Waals surface area contributed by atoms with Gasteiger partial charge in [0.05, 0.1) is 11.8 Å². The van der Waals surface area contributed by atoms with E-state index < -0.39 is 0 Å². The van der Waals surface area contributed by atoms with Gasteiger partial charge in [0.25, 0.3) is 0 Å². The second-order valence-electron chi connectivity index (χ2n) is 2.67. The van der Waals surface area contributed by atoms with Gasteiger partial charge in [0, 0.05) is 4.47 Å². The van der Waals surface area contributed by atoms with Crippen LogP contribution in [0.15, 0.2) is 39.4 Å². The Bertz CT molecular complexity index is 465. The molecule has 0 fully saturated rings. The highest BCUT2D eigenvalue weighted by atomic mass is 79.9. The van der Waals surface area contributed by atoms with Crippen LogP contribution in [-0.4, -0.2) is 11.3 Å². The summed E-state index contributed by atoms with van der Waals surface area (Å²) in [5, 5.41) is 0. The minimum absolute atomic E-state index is 0.232. The van der Waals surface area contributed by atoms with E-state index in [1.54, 1.807) is 0 Å². The van der Waals surface area contributed by atoms with E-state index in [4.69, 9.17) is 4.42 Å². The smallest absolute Gasteiger partial charge is 0.228 e. The van der Waals surface area contributed by atoms with Gasteiger partial charge in [-0.15, -0.1) is 0 Å². The van der Waals surface area contributed by atoms with E-state index >= 15 is 0 Å². The third kappa shape index (κ3) is 1.61. The lowest BCUT2D eigenvalue weighted by Gasteiger charge is -1.97. The number of hydrogen-bond donors (Lipinski definition) is 0. The van der Waals surface area contributed by atoms with Crippen molar-refractivity contribution in [2.45, 2.75) is 0 Å². The summed E-state index contributed by atoms with van der Waals surface area (Å²) in [5.41, 5.74) is 0.834. The van der Waals surface area contributed by atoms with Gasteiger partial charge in [-0.05, 0) is 28.1 Å². The van der Waals surface area contributed by atoms with E-state index in [0.717, 1.165) is 10.0 Å². The number of aromatic nitrogens is 1. The molecular formula is C10H6BrNO2. The number of nitrogens with zero attached hydrogens (tertiary/aromatic N) is 1. The summed E-state index contributed by atoms with van der Waals surface area (Å²) in [6, 6.07) is 7.53. The first kappa shape index (κ1) is 9.15. The number of oxazole rings is 1. The van der Waals surface area contributed by atoms with Crippen molar-refractivity contribution in [1.82, 2.24) is 4.98 Å². The maximum absolute atomic E-state index is 10.4. The number of carbonyl (C=O) groups excluding carboxylic acids is 1. The van der Waals surface area contributed by atoms with Crippen LogP contribution in [0.3, 0.4) is 0 Å². The van der Waals surface area contributed by atoms with Gasteiger partial charge in [-0.2, -0.15) is 0 Å². The molecule has 0 unspecified atom stereocenters. The molecule has 0 saturated heterocycles. The molecule has 3 nitrogen and oxygen atoms in total. The monoisotopic (exact) mass is 251 g/mol. The second-order valence-corrected chi connectivity index (χ2v) is 3.52. The van der Waals surface area contributed by atoms with E-state index in [1.807, 2.05) is 24.3 Å². The molecule has 1 aromatic carbocycles. The molecule has 0 spiro atoms. The Hall–Kier alpha value is -1.42. The molecule has 14 heavy (non-hydrogen) atoms. The summed E-state index contributed by atoms with van der Waals surface area (Å²) < 4.78 is 6.08. The van der Waals surface area contributed by atoms with Gasteiger partial charge in [-0.3, -0.25) is 4.79 Å². The van der Waals surface area contributed by atoms with Crippen LogP contribution in [0.5, 0.6) is 0 Å². The van der Waals surface area contributed by atoms with E-state index in [1.165, 1.54) is 6.20 Å². The summed E-state index contributed by atoms with van der Waals surface area (Å²) in [6.07, 6.45) is 2.04. The van der Waals surface area contributed by atoms with Crippen molar-refractivity contribution in [1.29, 1.82) is 0 Å². The van der Waals surface area contributed by atoms with Crippen LogP contribution in [0.25, 0.3) is 11.5 Å². The van der Waals surface area contributed by atoms with E-state index in [-0.39, 0.29) is 5.76 Å². The standard InChI is InChI=1S/C10H6BrNO2/c11-9-4-2-1-3-8(9)10-12-5-7(6-13)14-10/h1-6H. The van der Waals surface area contributed by atoms with Gasteiger partial charge in [-0.1, -0.05) is 12.1 Å². The van der Waals surface area contributed by atoms with Crippen molar-refractivity contribution in [2.24, 2.45) is 0 Å². The average Bonchev–Trinajstić information content (AvgIpc) is 2.67. The summed E-state index contributed by atoms with van der Waals surface area (Å²) in [7, 11) is 0. The normalized spacial score (nSPS) is 10.1. The topological polar surface area (TPSA) is 43.1 Å². The summed E-state index contributed by atoms with van der Waals surface area (Å²) in [6.45, 7) is 0. The average molecular weight is 252 g/mol. The Labute approximate surface area is 88.9 Å². The van der Waals surface area contributed by atoms with Gasteiger partial charge in [0.15, 0.2) is 12.0 Å². The summed E-state index contributed by atoms with van der Waals surface area (Å²) in [4.78, 5) is 14.4. The summed E-state index contributed by atoms with van der Waals surface area (Å²) >= 11 is 3.38. The first-order valence-corrected chi connectivity index (χ1v) is 4.76. The van der Waals surface area contributed by atoms with E-state index in [9.17, 15) is 4.79 Å². The molecule has 0 saturated carbocycles. The first-order chi connectivity index (χ1) is 6.81. The van der Waals surface area contributed by atoms with Crippen molar-refractivity contribution in [3.63, 3.8) is 0 Å². The third-order valence-corrected chi connectivity index (χ3v) is 2.44. The minimum Gasteiger partial charge on any atom is -0.433 e. The number of halogens is 1. The summed E-state index contributed by atoms with van der Waals surface area (Å²) in [5.74, 6) is 0.676. The number of rotatable bonds is 2. The first-order valence-electron chi connectivity index (χ1n) is 3.97. The van der Waals surface area contributed by atoms with E-state index in [0.29, 0.717) is 12.2 Å². The predicted octanol–water partition coefficient (Wildman–Crippen LogP) is 2.92. The zero-order valence-corrected chi connectivity index (χ0v) is 8.69. The second kappa shape index (κ2) is 3.75. The Balaban J connectivity index is 2.49. The highest BCUT2D eigenvalue weighted by Crippen LogP contribution is 2.26. The van der Waals surface area contributed by atoms with Crippen LogP contribution >= 0.6 is 15.9 Å². The lowest BCUT2D eigenvalue weighted by atomic mass is 10.2. The maximum atomic E-state index is 10.4. The van der Waals surface area contributed by atoms with Crippen molar-refractivity contribution in [2.75, 3.05) is 0 Å². The quantitative estimate of drug-likeness (QED) is 0.771. The zero-order valence-electron chi connectivity index (χ0n) is 7.11. The Morgan fingerprint density at radius 3 is 2.79 bits per heavy atom. The molecule has 0 atom stereocenters. The van der Waals surface area contributed by atoms with Crippen LogP contribution in [0.2, 0.25) is 0 Å². The van der Waals surface area contributed by atoms with Crippen LogP contribution in [-0.2, 0) is 0 Å². The van der Waals surface area contributed by atoms with Crippen LogP contribution in [0, 0.1) is 0 Å². The highest BCUT2D eigenvalue weighted by molar-refractivity contribution is 9.10. The number of hydrogen-bond acceptors (Lipinski definition) is 3. The molecule has 70 valence electrons. The Kier molecular flexibility index (Phi) is 2.45. The lowest BCUT2D eigenvalue weighted by molar-refractivity contribution is 0.110. The largest absolute Gasteiger partial charge is 0.433 e. The fourth-order valence-electron chi connectivity index (χ4n) is 1.10. The van der Waals surface area contributed by atoms with Crippen molar-refractivity contribution in [3.8, 4) is 11.5 Å². The van der Waals surface area contributed by atoms with Crippen LogP contribution in [0.1, 0.15) is 10.6 Å². The SMILES string of the molecule is O=Cc1cnc(-c2ccccc2Br)o1. The lowest BCUT2D eigenvalue weighted by Crippen LogP contribution is -1.77. The molecule has 1 heterocycles. The molecule has 0 radical (unpaired) electrons. The third-order valence-electron chi connectivity index (χ3n) is 1.74. The van der Waals surface area contributed by atoms with E-state index in [2.05, 4.69) is 20.9 Å². The van der Waals surface area contributed by atoms with Gasteiger partial charge < -0.3 is 4.42 Å². The highest BCUT2D eigenvalue weighted by Gasteiger charge is 2.08. The van der Waals surface area contributed by atoms with Gasteiger partial charge in [-0.25, -0.2) is 4.98 Å². The molecule has 0 amide bonds. The Morgan fingerprint density at radius 2 is 2.14 bits per heavy atom. The molecule has 0 aliphatic carbocycles. The van der Waals surface area contributed by atoms with Crippen molar-refractivity contribution in [3.05, 3.63) is 40.7 Å². The van der Waals surface area contributed by atoms with Gasteiger partial charge in [0.1, 0.15) is 0 Å². The molecule has 4 heteroatoms. The molecule has 1 aromatic heterocycles. The number of aldehydes is 1. The number of benzene rings is 1. The molecule has 0 aliphatic rings.